The van der Waals surface area contributed by atoms with Crippen molar-refractivity contribution in [1.29, 1.82) is 0 Å². The molecule has 42 valence electrons. The summed E-state index contributed by atoms with van der Waals surface area (Å²) in [5.74, 6) is 0. The van der Waals surface area contributed by atoms with Crippen molar-refractivity contribution in [1.82, 2.24) is 0 Å². The second-order valence-corrected chi connectivity index (χ2v) is 1.86. The van der Waals surface area contributed by atoms with Crippen LogP contribution in [0.4, 0.5) is 0 Å². The van der Waals surface area contributed by atoms with E-state index in [1.165, 1.54) is 0 Å². The maximum Gasteiger partial charge on any atom is 0.0245 e. The molecule has 0 fully saturated rings. The van der Waals surface area contributed by atoms with Gasteiger partial charge in [-0.2, -0.15) is 0 Å². The van der Waals surface area contributed by atoms with Crippen molar-refractivity contribution in [2.24, 2.45) is 5.73 Å². The Morgan fingerprint density at radius 1 is 1.86 bits per heavy atom. The van der Waals surface area contributed by atoms with Crippen LogP contribution in [0.15, 0.2) is 12.2 Å². The van der Waals surface area contributed by atoms with E-state index in [2.05, 4.69) is 13.5 Å². The van der Waals surface area contributed by atoms with Gasteiger partial charge in [-0.1, -0.05) is 19.1 Å². The Balaban J connectivity index is 3.34. The maximum atomic E-state index is 5.52. The molecule has 0 aliphatic rings. The van der Waals surface area contributed by atoms with Crippen LogP contribution in [0.1, 0.15) is 20.3 Å². The molecule has 0 heterocycles. The summed E-state index contributed by atoms with van der Waals surface area (Å²) in [5, 5.41) is 0. The van der Waals surface area contributed by atoms with Crippen LogP contribution in [-0.4, -0.2) is 6.04 Å². The molecule has 0 spiro atoms. The highest BCUT2D eigenvalue weighted by Gasteiger charge is 1.94. The Labute approximate surface area is 45.2 Å². The molecule has 0 bridgehead atoms. The van der Waals surface area contributed by atoms with Crippen LogP contribution in [0.5, 0.6) is 0 Å². The molecule has 0 aromatic heterocycles. The Kier molecular flexibility index (Phi) is 2.68. The molecular formula is C6H13N. The number of hydrogen-bond acceptors (Lipinski definition) is 1. The first-order chi connectivity index (χ1) is 3.18. The van der Waals surface area contributed by atoms with Crippen molar-refractivity contribution < 1.29 is 0 Å². The monoisotopic (exact) mass is 99.1 g/mol. The first kappa shape index (κ1) is 6.70. The number of hydrogen-bond donors (Lipinski definition) is 1. The summed E-state index contributed by atoms with van der Waals surface area (Å²) in [5.41, 5.74) is 6.59. The van der Waals surface area contributed by atoms with E-state index in [9.17, 15) is 0 Å². The van der Waals surface area contributed by atoms with Crippen LogP contribution in [0.2, 0.25) is 0 Å². The summed E-state index contributed by atoms with van der Waals surface area (Å²) in [6, 6.07) is 0.208. The van der Waals surface area contributed by atoms with Crippen LogP contribution >= 0.6 is 0 Å². The molecule has 7 heavy (non-hydrogen) atoms. The number of rotatable bonds is 2. The van der Waals surface area contributed by atoms with Gasteiger partial charge in [-0.3, -0.25) is 0 Å². The normalized spacial score (nSPS) is 13.6. The molecule has 1 nitrogen and oxygen atoms in total. The smallest absolute Gasteiger partial charge is 0.0245 e. The minimum absolute atomic E-state index is 0.208. The fraction of sp³-hybridized carbons (Fsp3) is 0.667. The van der Waals surface area contributed by atoms with Gasteiger partial charge < -0.3 is 5.73 Å². The minimum Gasteiger partial charge on any atom is -0.324 e. The van der Waals surface area contributed by atoms with Gasteiger partial charge in [0.1, 0.15) is 0 Å². The van der Waals surface area contributed by atoms with Gasteiger partial charge in [0.2, 0.25) is 0 Å². The lowest BCUT2D eigenvalue weighted by Crippen LogP contribution is -2.18. The van der Waals surface area contributed by atoms with E-state index in [0.29, 0.717) is 0 Å². The summed E-state index contributed by atoms with van der Waals surface area (Å²) in [6.07, 6.45) is 0.995. The summed E-state index contributed by atoms with van der Waals surface area (Å²) in [7, 11) is 0. The molecule has 2 N–H and O–H groups in total. The molecule has 0 radical (unpaired) electrons. The average molecular weight is 99.2 g/mol. The fourth-order valence-corrected chi connectivity index (χ4v) is 0.348. The topological polar surface area (TPSA) is 26.0 Å². The summed E-state index contributed by atoms with van der Waals surface area (Å²) < 4.78 is 0. The molecule has 1 atom stereocenters. The summed E-state index contributed by atoms with van der Waals surface area (Å²) in [6.45, 7) is 7.71. The van der Waals surface area contributed by atoms with Crippen molar-refractivity contribution in [2.45, 2.75) is 26.3 Å². The van der Waals surface area contributed by atoms with E-state index in [-0.39, 0.29) is 6.04 Å². The lowest BCUT2D eigenvalue weighted by atomic mass is 10.1. The van der Waals surface area contributed by atoms with Gasteiger partial charge in [0.05, 0.1) is 0 Å². The second-order valence-electron chi connectivity index (χ2n) is 1.86. The van der Waals surface area contributed by atoms with Gasteiger partial charge in [0, 0.05) is 6.04 Å². The van der Waals surface area contributed by atoms with E-state index < -0.39 is 0 Å². The molecule has 0 aromatic carbocycles. The highest BCUT2D eigenvalue weighted by molar-refractivity contribution is 4.98. The zero-order valence-electron chi connectivity index (χ0n) is 5.07. The highest BCUT2D eigenvalue weighted by atomic mass is 14.6. The van der Waals surface area contributed by atoms with Crippen LogP contribution < -0.4 is 5.73 Å². The third kappa shape index (κ3) is 2.40. The average Bonchev–Trinajstić information content (AvgIpc) is 1.65. The van der Waals surface area contributed by atoms with Gasteiger partial charge in [-0.05, 0) is 13.3 Å². The second kappa shape index (κ2) is 2.80. The molecule has 1 heteroatoms. The SMILES string of the molecule is C=C(C)C(N)CC. The van der Waals surface area contributed by atoms with Crippen molar-refractivity contribution in [3.05, 3.63) is 12.2 Å². The largest absolute Gasteiger partial charge is 0.324 e. The van der Waals surface area contributed by atoms with Gasteiger partial charge in [0.15, 0.2) is 0 Å². The standard InChI is InChI=1S/C6H13N/c1-4-6(7)5(2)3/h6H,2,4,7H2,1,3H3. The Bertz CT molecular complexity index is 66.6. The minimum atomic E-state index is 0.208. The van der Waals surface area contributed by atoms with Gasteiger partial charge in [0.25, 0.3) is 0 Å². The van der Waals surface area contributed by atoms with Crippen molar-refractivity contribution in [3.8, 4) is 0 Å². The molecular weight excluding hydrogens is 86.1 g/mol. The van der Waals surface area contributed by atoms with Crippen molar-refractivity contribution >= 4 is 0 Å². The molecule has 1 unspecified atom stereocenters. The molecule has 0 saturated carbocycles. The quantitative estimate of drug-likeness (QED) is 0.519. The molecule has 0 aromatic rings. The lowest BCUT2D eigenvalue weighted by Gasteiger charge is -2.04. The first-order valence-electron chi connectivity index (χ1n) is 2.59. The Hall–Kier alpha value is -0.300. The first-order valence-corrected chi connectivity index (χ1v) is 2.59. The Morgan fingerprint density at radius 3 is 2.29 bits per heavy atom. The molecule has 0 aliphatic carbocycles. The van der Waals surface area contributed by atoms with E-state index in [1.54, 1.807) is 0 Å². The molecule has 0 rings (SSSR count). The van der Waals surface area contributed by atoms with Gasteiger partial charge >= 0.3 is 0 Å². The summed E-state index contributed by atoms with van der Waals surface area (Å²) >= 11 is 0. The van der Waals surface area contributed by atoms with E-state index in [1.807, 2.05) is 6.92 Å². The van der Waals surface area contributed by atoms with Crippen LogP contribution in [0, 0.1) is 0 Å². The molecule has 0 amide bonds. The van der Waals surface area contributed by atoms with Crippen LogP contribution in [0.3, 0.4) is 0 Å². The van der Waals surface area contributed by atoms with Crippen LogP contribution in [0.25, 0.3) is 0 Å². The zero-order chi connectivity index (χ0) is 5.86. The predicted molar refractivity (Wildman–Crippen MR) is 33.1 cm³/mol. The Morgan fingerprint density at radius 2 is 2.29 bits per heavy atom. The lowest BCUT2D eigenvalue weighted by molar-refractivity contribution is 0.742. The van der Waals surface area contributed by atoms with Gasteiger partial charge in [-0.15, -0.1) is 0 Å². The van der Waals surface area contributed by atoms with Crippen molar-refractivity contribution in [2.75, 3.05) is 0 Å². The van der Waals surface area contributed by atoms with Crippen molar-refractivity contribution in [3.63, 3.8) is 0 Å². The van der Waals surface area contributed by atoms with Gasteiger partial charge in [-0.25, -0.2) is 0 Å². The fourth-order valence-electron chi connectivity index (χ4n) is 0.348. The summed E-state index contributed by atoms with van der Waals surface area (Å²) in [4.78, 5) is 0. The maximum absolute atomic E-state index is 5.52. The third-order valence-electron chi connectivity index (χ3n) is 1.07. The predicted octanol–water partition coefficient (Wildman–Crippen LogP) is 1.30. The highest BCUT2D eigenvalue weighted by Crippen LogP contribution is 1.96. The zero-order valence-corrected chi connectivity index (χ0v) is 5.07. The van der Waals surface area contributed by atoms with Crippen LogP contribution in [-0.2, 0) is 0 Å². The molecule has 0 saturated heterocycles. The van der Waals surface area contributed by atoms with E-state index in [4.69, 9.17) is 5.73 Å². The van der Waals surface area contributed by atoms with E-state index >= 15 is 0 Å². The number of nitrogens with two attached hydrogens (primary N) is 1. The molecule has 0 aliphatic heterocycles. The third-order valence-corrected chi connectivity index (χ3v) is 1.07. The van der Waals surface area contributed by atoms with E-state index in [0.717, 1.165) is 12.0 Å².